The molecule has 1 rings (SSSR count). The average molecular weight is 134 g/mol. The Morgan fingerprint density at radius 1 is 1.40 bits per heavy atom. The minimum Gasteiger partial charge on any atom is -0.464 e. The lowest BCUT2D eigenvalue weighted by atomic mass is 10.4. The third kappa shape index (κ3) is 1.43. The molecular weight excluding hydrogens is 130 g/mol. The molecule has 0 aliphatic rings. The van der Waals surface area contributed by atoms with Crippen LogP contribution in [-0.4, -0.2) is 16.1 Å². The third-order valence-corrected chi connectivity index (χ3v) is 1.02. The number of hydrogen-bond acceptors (Lipinski definition) is 3. The Balaban J connectivity index is 2.64. The van der Waals surface area contributed by atoms with Crippen molar-refractivity contribution in [2.24, 2.45) is 0 Å². The summed E-state index contributed by atoms with van der Waals surface area (Å²) in [5.74, 6) is 0.435. The fourth-order valence-electron chi connectivity index (χ4n) is 0.592. The van der Waals surface area contributed by atoms with Crippen molar-refractivity contribution in [3.63, 3.8) is 0 Å². The predicted octanol–water partition coefficient (Wildman–Crippen LogP) is 0.478. The van der Waals surface area contributed by atoms with E-state index in [0.29, 0.717) is 5.76 Å². The van der Waals surface area contributed by atoms with E-state index in [2.05, 4.69) is 9.31 Å². The Morgan fingerprint density at radius 2 is 2.10 bits per heavy atom. The van der Waals surface area contributed by atoms with Crippen LogP contribution in [0, 0.1) is 0 Å². The lowest BCUT2D eigenvalue weighted by Gasteiger charge is -2.10. The van der Waals surface area contributed by atoms with Crippen molar-refractivity contribution in [2.45, 2.75) is 6.29 Å². The number of rotatable bonds is 3. The van der Waals surface area contributed by atoms with Crippen LogP contribution < -0.4 is 0 Å². The van der Waals surface area contributed by atoms with Crippen molar-refractivity contribution < 1.29 is 13.7 Å². The summed E-state index contributed by atoms with van der Waals surface area (Å²) >= 11 is 0. The third-order valence-electron chi connectivity index (χ3n) is 1.02. The Labute approximate surface area is 61.2 Å². The van der Waals surface area contributed by atoms with Crippen LogP contribution >= 0.6 is 0 Å². The van der Waals surface area contributed by atoms with E-state index in [0.717, 1.165) is 0 Å². The highest BCUT2D eigenvalue weighted by molar-refractivity contribution is 5.99. The first kappa shape index (κ1) is 7.44. The molecule has 1 heterocycles. The molecule has 0 aromatic carbocycles. The number of hydrogen-bond donors (Lipinski definition) is 0. The van der Waals surface area contributed by atoms with E-state index in [4.69, 9.17) is 20.5 Å². The van der Waals surface area contributed by atoms with Gasteiger partial charge in [-0.3, -0.25) is 0 Å². The van der Waals surface area contributed by atoms with Crippen LogP contribution in [0.25, 0.3) is 0 Å². The van der Waals surface area contributed by atoms with Crippen molar-refractivity contribution in [2.75, 3.05) is 0 Å². The molecule has 0 spiro atoms. The highest BCUT2D eigenvalue weighted by Crippen LogP contribution is 2.15. The molecule has 1 aromatic rings. The maximum atomic E-state index is 4.87. The summed E-state index contributed by atoms with van der Waals surface area (Å²) in [5.41, 5.74) is 0. The van der Waals surface area contributed by atoms with Gasteiger partial charge in [0.1, 0.15) is 0 Å². The van der Waals surface area contributed by atoms with Gasteiger partial charge in [0.2, 0.25) is 0 Å². The molecular formula is C5H4B2O3. The summed E-state index contributed by atoms with van der Waals surface area (Å²) in [4.78, 5) is 0. The van der Waals surface area contributed by atoms with Crippen molar-refractivity contribution in [3.8, 4) is 0 Å². The van der Waals surface area contributed by atoms with Gasteiger partial charge in [0, 0.05) is 0 Å². The zero-order chi connectivity index (χ0) is 7.40. The molecule has 0 atom stereocenters. The van der Waals surface area contributed by atoms with Gasteiger partial charge in [-0.25, -0.2) is 0 Å². The van der Waals surface area contributed by atoms with Gasteiger partial charge >= 0.3 is 0 Å². The minimum atomic E-state index is -0.824. The summed E-state index contributed by atoms with van der Waals surface area (Å²) in [6.07, 6.45) is 0.649. The first-order valence-corrected chi connectivity index (χ1v) is 2.63. The second-order valence-electron chi connectivity index (χ2n) is 1.62. The molecule has 0 aliphatic carbocycles. The topological polar surface area (TPSA) is 31.6 Å². The van der Waals surface area contributed by atoms with Gasteiger partial charge in [-0.15, -0.1) is 0 Å². The predicted molar refractivity (Wildman–Crippen MR) is 35.1 cm³/mol. The quantitative estimate of drug-likeness (QED) is 0.444. The smallest absolute Gasteiger partial charge is 0.286 e. The van der Waals surface area contributed by atoms with E-state index in [1.54, 1.807) is 12.1 Å². The van der Waals surface area contributed by atoms with Gasteiger partial charge in [-0.1, -0.05) is 0 Å². The van der Waals surface area contributed by atoms with Gasteiger partial charge in [-0.2, -0.15) is 0 Å². The van der Waals surface area contributed by atoms with Crippen LogP contribution in [0.15, 0.2) is 22.8 Å². The molecule has 0 unspecified atom stereocenters. The molecule has 0 bridgehead atoms. The van der Waals surface area contributed by atoms with Gasteiger partial charge in [0.05, 0.1) is 6.26 Å². The summed E-state index contributed by atoms with van der Waals surface area (Å²) in [7, 11) is 9.62. The first-order chi connectivity index (χ1) is 4.88. The summed E-state index contributed by atoms with van der Waals surface area (Å²) in [6, 6.07) is 3.32. The fraction of sp³-hybridized carbons (Fsp3) is 0.200. The Hall–Kier alpha value is -0.670. The molecule has 0 fully saturated rings. The standard InChI is InChI=1S/C5H4B2O3/c6-9-5(10-7)4-2-1-3-8-4/h1-3,5H. The molecule has 0 aliphatic heterocycles. The minimum absolute atomic E-state index is 0.435. The molecule has 5 heteroatoms. The fourth-order valence-corrected chi connectivity index (χ4v) is 0.592. The molecule has 0 saturated carbocycles. The normalized spacial score (nSPS) is 10.5. The Kier molecular flexibility index (Phi) is 2.59. The molecule has 1 aromatic heterocycles. The van der Waals surface area contributed by atoms with Crippen LogP contribution in [0.4, 0.5) is 0 Å². The lowest BCUT2D eigenvalue weighted by molar-refractivity contribution is -0.000320. The Bertz CT molecular complexity index is 171. The molecule has 10 heavy (non-hydrogen) atoms. The SMILES string of the molecule is [B]OC(O[B])c1ccco1. The molecule has 48 valence electrons. The van der Waals surface area contributed by atoms with Gasteiger partial charge in [0.25, 0.3) is 16.1 Å². The molecule has 0 amide bonds. The van der Waals surface area contributed by atoms with E-state index in [1.165, 1.54) is 6.26 Å². The zero-order valence-corrected chi connectivity index (χ0v) is 5.19. The maximum absolute atomic E-state index is 4.87. The van der Waals surface area contributed by atoms with E-state index >= 15 is 0 Å². The van der Waals surface area contributed by atoms with E-state index in [-0.39, 0.29) is 0 Å². The Morgan fingerprint density at radius 3 is 2.50 bits per heavy atom. The van der Waals surface area contributed by atoms with Crippen LogP contribution in [0.1, 0.15) is 12.1 Å². The molecule has 0 N–H and O–H groups in total. The van der Waals surface area contributed by atoms with Crippen LogP contribution in [-0.2, 0) is 9.31 Å². The maximum Gasteiger partial charge on any atom is 0.286 e. The summed E-state index contributed by atoms with van der Waals surface area (Å²) in [6.45, 7) is 0. The zero-order valence-electron chi connectivity index (χ0n) is 5.19. The van der Waals surface area contributed by atoms with Crippen molar-refractivity contribution in [1.29, 1.82) is 0 Å². The second kappa shape index (κ2) is 3.49. The van der Waals surface area contributed by atoms with Crippen molar-refractivity contribution >= 4 is 16.1 Å². The van der Waals surface area contributed by atoms with E-state index in [1.807, 2.05) is 0 Å². The second-order valence-corrected chi connectivity index (χ2v) is 1.62. The van der Waals surface area contributed by atoms with Crippen molar-refractivity contribution in [3.05, 3.63) is 24.2 Å². The van der Waals surface area contributed by atoms with Crippen LogP contribution in [0.3, 0.4) is 0 Å². The van der Waals surface area contributed by atoms with Gasteiger partial charge < -0.3 is 13.7 Å². The number of furan rings is 1. The van der Waals surface area contributed by atoms with Gasteiger partial charge in [0.15, 0.2) is 12.1 Å². The highest BCUT2D eigenvalue weighted by atomic mass is 16.6. The lowest BCUT2D eigenvalue weighted by Crippen LogP contribution is -2.03. The van der Waals surface area contributed by atoms with Gasteiger partial charge in [-0.05, 0) is 12.1 Å². The molecule has 0 saturated heterocycles. The first-order valence-electron chi connectivity index (χ1n) is 2.63. The largest absolute Gasteiger partial charge is 0.464 e. The van der Waals surface area contributed by atoms with E-state index in [9.17, 15) is 0 Å². The van der Waals surface area contributed by atoms with Crippen LogP contribution in [0.5, 0.6) is 0 Å². The van der Waals surface area contributed by atoms with Crippen LogP contribution in [0.2, 0.25) is 0 Å². The monoisotopic (exact) mass is 134 g/mol. The summed E-state index contributed by atoms with van der Waals surface area (Å²) < 4.78 is 13.5. The summed E-state index contributed by atoms with van der Waals surface area (Å²) in [5, 5.41) is 0. The average Bonchev–Trinajstić information content (AvgIpc) is 2.43. The molecule has 3 nitrogen and oxygen atoms in total. The molecule has 4 radical (unpaired) electrons. The van der Waals surface area contributed by atoms with E-state index < -0.39 is 6.29 Å². The van der Waals surface area contributed by atoms with Crippen molar-refractivity contribution in [1.82, 2.24) is 0 Å². The highest BCUT2D eigenvalue weighted by Gasteiger charge is 2.08.